The zero-order chi connectivity index (χ0) is 21.2. The molecule has 2 fully saturated rings. The van der Waals surface area contributed by atoms with Gasteiger partial charge in [-0.15, -0.1) is 0 Å². The maximum absolute atomic E-state index is 12.8. The van der Waals surface area contributed by atoms with Gasteiger partial charge in [0.15, 0.2) is 5.96 Å². The molecule has 1 aliphatic carbocycles. The predicted molar refractivity (Wildman–Crippen MR) is 122 cm³/mol. The minimum absolute atomic E-state index is 0.256. The molecule has 1 aliphatic heterocycles. The van der Waals surface area contributed by atoms with E-state index in [2.05, 4.69) is 34.6 Å². The average molecular weight is 415 g/mol. The lowest BCUT2D eigenvalue weighted by Crippen LogP contribution is -2.45. The summed E-state index contributed by atoms with van der Waals surface area (Å²) in [7, 11) is 0. The van der Waals surface area contributed by atoms with Gasteiger partial charge in [0.05, 0.1) is 6.61 Å². The molecule has 30 heavy (non-hydrogen) atoms. The summed E-state index contributed by atoms with van der Waals surface area (Å²) in [5.41, 5.74) is 1.23. The Balaban J connectivity index is 1.49. The number of guanidine groups is 1. The lowest BCUT2D eigenvalue weighted by molar-refractivity contribution is -0.135. The van der Waals surface area contributed by atoms with E-state index in [1.807, 2.05) is 19.1 Å². The average Bonchev–Trinajstić information content (AvgIpc) is 3.23. The van der Waals surface area contributed by atoms with E-state index in [0.29, 0.717) is 19.1 Å². The predicted octanol–water partition coefficient (Wildman–Crippen LogP) is 3.36. The second-order valence-electron chi connectivity index (χ2n) is 8.34. The Morgan fingerprint density at radius 3 is 2.80 bits per heavy atom. The standard InChI is InChI=1S/C24H38N4O2/c1-3-25-24(26-15-13-19-9-8-12-22(17-19)30-4-2)27-21-14-16-28(18-21)23(29)20-10-6-5-7-11-20/h8-9,12,17,20-21H,3-7,10-11,13-16,18H2,1-2H3,(H2,25,26,27). The monoisotopic (exact) mass is 414 g/mol. The number of benzene rings is 1. The summed E-state index contributed by atoms with van der Waals surface area (Å²) in [5, 5.41) is 6.89. The second-order valence-corrected chi connectivity index (χ2v) is 8.34. The maximum Gasteiger partial charge on any atom is 0.225 e. The molecule has 0 radical (unpaired) electrons. The largest absolute Gasteiger partial charge is 0.494 e. The summed E-state index contributed by atoms with van der Waals surface area (Å²) in [6.07, 6.45) is 7.69. The molecule has 3 rings (SSSR count). The first-order chi connectivity index (χ1) is 14.7. The van der Waals surface area contributed by atoms with Gasteiger partial charge in [-0.1, -0.05) is 31.4 Å². The number of ether oxygens (including phenoxy) is 1. The van der Waals surface area contributed by atoms with Gasteiger partial charge >= 0.3 is 0 Å². The number of nitrogens with one attached hydrogen (secondary N) is 2. The number of hydrogen-bond acceptors (Lipinski definition) is 3. The number of rotatable bonds is 8. The molecule has 1 saturated carbocycles. The fraction of sp³-hybridized carbons (Fsp3) is 0.667. The normalized spacial score (nSPS) is 20.3. The Labute approximate surface area is 181 Å². The lowest BCUT2D eigenvalue weighted by Gasteiger charge is -2.26. The molecule has 1 amide bonds. The minimum atomic E-state index is 0.256. The smallest absolute Gasteiger partial charge is 0.225 e. The Morgan fingerprint density at radius 1 is 1.20 bits per heavy atom. The van der Waals surface area contributed by atoms with E-state index in [1.165, 1.54) is 24.8 Å². The van der Waals surface area contributed by atoms with Crippen LogP contribution < -0.4 is 15.4 Å². The van der Waals surface area contributed by atoms with Crippen molar-refractivity contribution in [1.29, 1.82) is 0 Å². The first-order valence-corrected chi connectivity index (χ1v) is 11.7. The molecule has 6 nitrogen and oxygen atoms in total. The quantitative estimate of drug-likeness (QED) is 0.506. The molecule has 2 N–H and O–H groups in total. The highest BCUT2D eigenvalue weighted by Gasteiger charge is 2.31. The van der Waals surface area contributed by atoms with Crippen LogP contribution in [-0.4, -0.2) is 55.6 Å². The summed E-state index contributed by atoms with van der Waals surface area (Å²) in [4.78, 5) is 19.6. The van der Waals surface area contributed by atoms with Crippen LogP contribution in [0.5, 0.6) is 5.75 Å². The lowest BCUT2D eigenvalue weighted by atomic mass is 9.88. The van der Waals surface area contributed by atoms with Crippen LogP contribution in [0.1, 0.15) is 57.9 Å². The number of carbonyl (C=O) groups excluding carboxylic acids is 1. The fourth-order valence-corrected chi connectivity index (χ4v) is 4.45. The van der Waals surface area contributed by atoms with Gasteiger partial charge in [0.1, 0.15) is 5.75 Å². The highest BCUT2D eigenvalue weighted by molar-refractivity contribution is 5.81. The Bertz CT molecular complexity index is 700. The molecule has 0 spiro atoms. The van der Waals surface area contributed by atoms with Crippen LogP contribution in [0.3, 0.4) is 0 Å². The van der Waals surface area contributed by atoms with Crippen molar-refractivity contribution >= 4 is 11.9 Å². The third kappa shape index (κ3) is 6.64. The summed E-state index contributed by atoms with van der Waals surface area (Å²) < 4.78 is 5.58. The van der Waals surface area contributed by atoms with Gasteiger partial charge in [0.25, 0.3) is 0 Å². The van der Waals surface area contributed by atoms with E-state index in [-0.39, 0.29) is 12.0 Å². The Morgan fingerprint density at radius 2 is 2.03 bits per heavy atom. The minimum Gasteiger partial charge on any atom is -0.494 e. The summed E-state index contributed by atoms with van der Waals surface area (Å²) >= 11 is 0. The first kappa shape index (κ1) is 22.4. The molecular weight excluding hydrogens is 376 g/mol. The second kappa shape index (κ2) is 11.8. The molecule has 1 heterocycles. The zero-order valence-electron chi connectivity index (χ0n) is 18.7. The van der Waals surface area contributed by atoms with E-state index >= 15 is 0 Å². The molecule has 0 aromatic heterocycles. The summed E-state index contributed by atoms with van der Waals surface area (Å²) in [5.74, 6) is 2.38. The maximum atomic E-state index is 12.8. The van der Waals surface area contributed by atoms with Crippen LogP contribution in [0.4, 0.5) is 0 Å². The molecule has 1 aromatic rings. The molecule has 1 saturated heterocycles. The SMILES string of the molecule is CCNC(=NCCc1cccc(OCC)c1)NC1CCN(C(=O)C2CCCCC2)C1. The number of amides is 1. The van der Waals surface area contributed by atoms with Crippen molar-refractivity contribution in [2.45, 2.75) is 64.8 Å². The van der Waals surface area contributed by atoms with Gasteiger partial charge in [-0.25, -0.2) is 0 Å². The molecule has 0 bridgehead atoms. The molecule has 1 atom stereocenters. The first-order valence-electron chi connectivity index (χ1n) is 11.7. The Hall–Kier alpha value is -2.24. The Kier molecular flexibility index (Phi) is 8.84. The zero-order valence-corrected chi connectivity index (χ0v) is 18.7. The van der Waals surface area contributed by atoms with Crippen LogP contribution in [0.2, 0.25) is 0 Å². The summed E-state index contributed by atoms with van der Waals surface area (Å²) in [6.45, 7) is 7.94. The highest BCUT2D eigenvalue weighted by Crippen LogP contribution is 2.26. The van der Waals surface area contributed by atoms with Gasteiger partial charge in [0, 0.05) is 38.1 Å². The van der Waals surface area contributed by atoms with Gasteiger partial charge in [-0.2, -0.15) is 0 Å². The third-order valence-electron chi connectivity index (χ3n) is 6.02. The molecule has 166 valence electrons. The number of carbonyl (C=O) groups is 1. The van der Waals surface area contributed by atoms with Crippen molar-refractivity contribution in [1.82, 2.24) is 15.5 Å². The molecule has 1 unspecified atom stereocenters. The number of nitrogens with zero attached hydrogens (tertiary/aromatic N) is 2. The van der Waals surface area contributed by atoms with Crippen molar-refractivity contribution in [3.05, 3.63) is 29.8 Å². The molecular formula is C24H38N4O2. The van der Waals surface area contributed by atoms with Crippen LogP contribution in [0.15, 0.2) is 29.3 Å². The van der Waals surface area contributed by atoms with Crippen molar-refractivity contribution in [2.24, 2.45) is 10.9 Å². The van der Waals surface area contributed by atoms with Crippen LogP contribution in [-0.2, 0) is 11.2 Å². The van der Waals surface area contributed by atoms with Gasteiger partial charge in [0.2, 0.25) is 5.91 Å². The van der Waals surface area contributed by atoms with Crippen molar-refractivity contribution < 1.29 is 9.53 Å². The van der Waals surface area contributed by atoms with Crippen molar-refractivity contribution in [3.63, 3.8) is 0 Å². The van der Waals surface area contributed by atoms with E-state index in [0.717, 1.165) is 57.0 Å². The summed E-state index contributed by atoms with van der Waals surface area (Å²) in [6, 6.07) is 8.50. The molecule has 2 aliphatic rings. The highest BCUT2D eigenvalue weighted by atomic mass is 16.5. The number of hydrogen-bond donors (Lipinski definition) is 2. The van der Waals surface area contributed by atoms with E-state index in [1.54, 1.807) is 0 Å². The number of aliphatic imine (C=N–C) groups is 1. The third-order valence-corrected chi connectivity index (χ3v) is 6.02. The molecule has 1 aromatic carbocycles. The van der Waals surface area contributed by atoms with Crippen LogP contribution in [0, 0.1) is 5.92 Å². The van der Waals surface area contributed by atoms with Gasteiger partial charge < -0.3 is 20.3 Å². The van der Waals surface area contributed by atoms with E-state index in [4.69, 9.17) is 9.73 Å². The van der Waals surface area contributed by atoms with Crippen LogP contribution >= 0.6 is 0 Å². The van der Waals surface area contributed by atoms with Gasteiger partial charge in [-0.05, 0) is 57.2 Å². The topological polar surface area (TPSA) is 66.0 Å². The van der Waals surface area contributed by atoms with E-state index < -0.39 is 0 Å². The van der Waals surface area contributed by atoms with Crippen molar-refractivity contribution in [3.8, 4) is 5.75 Å². The fourth-order valence-electron chi connectivity index (χ4n) is 4.45. The molecule has 6 heteroatoms. The van der Waals surface area contributed by atoms with E-state index in [9.17, 15) is 4.79 Å². The van der Waals surface area contributed by atoms with Crippen LogP contribution in [0.25, 0.3) is 0 Å². The van der Waals surface area contributed by atoms with Crippen molar-refractivity contribution in [2.75, 3.05) is 32.8 Å². The van der Waals surface area contributed by atoms with Gasteiger partial charge in [-0.3, -0.25) is 9.79 Å². The number of likely N-dealkylation sites (tertiary alicyclic amines) is 1.